The number of anilines is 1. The highest BCUT2D eigenvalue weighted by Crippen LogP contribution is 2.34. The second kappa shape index (κ2) is 3.73. The van der Waals surface area contributed by atoms with Gasteiger partial charge in [0.1, 0.15) is 8.24 Å². The summed E-state index contributed by atoms with van der Waals surface area (Å²) in [5.41, 5.74) is 1.35. The van der Waals surface area contributed by atoms with E-state index in [1.807, 2.05) is 17.9 Å². The lowest BCUT2D eigenvalue weighted by atomic mass is 10.6. The zero-order valence-electron chi connectivity index (χ0n) is 11.1. The molecule has 0 atom stereocenters. The van der Waals surface area contributed by atoms with Crippen LogP contribution in [0.2, 0.25) is 38.3 Å². The fourth-order valence-electron chi connectivity index (χ4n) is 2.49. The zero-order chi connectivity index (χ0) is 12.0. The summed E-state index contributed by atoms with van der Waals surface area (Å²) in [4.78, 5) is 0. The van der Waals surface area contributed by atoms with Crippen molar-refractivity contribution >= 4 is 22.0 Å². The lowest BCUT2D eigenvalue weighted by Crippen LogP contribution is -2.60. The van der Waals surface area contributed by atoms with Gasteiger partial charge >= 0.3 is 0 Å². The van der Waals surface area contributed by atoms with E-state index in [0.29, 0.717) is 0 Å². The molecule has 2 rings (SSSR count). The van der Waals surface area contributed by atoms with Crippen molar-refractivity contribution in [3.05, 3.63) is 12.4 Å². The minimum Gasteiger partial charge on any atom is -0.398 e. The van der Waals surface area contributed by atoms with Crippen LogP contribution in [0.15, 0.2) is 12.4 Å². The van der Waals surface area contributed by atoms with E-state index in [4.69, 9.17) is 0 Å². The molecule has 0 saturated carbocycles. The smallest absolute Gasteiger partial charge is 0.150 e. The van der Waals surface area contributed by atoms with Crippen molar-refractivity contribution in [2.75, 3.05) is 10.7 Å². The van der Waals surface area contributed by atoms with Gasteiger partial charge in [0.2, 0.25) is 0 Å². The van der Waals surface area contributed by atoms with Crippen LogP contribution in [-0.2, 0) is 7.05 Å². The summed E-state index contributed by atoms with van der Waals surface area (Å²) in [6.45, 7) is 10.0. The molecule has 1 aromatic rings. The van der Waals surface area contributed by atoms with Gasteiger partial charge in [0.25, 0.3) is 0 Å². The Morgan fingerprint density at radius 1 is 1.19 bits per heavy atom. The van der Waals surface area contributed by atoms with Crippen LogP contribution in [0.25, 0.3) is 0 Å². The van der Waals surface area contributed by atoms with E-state index < -0.39 is 16.3 Å². The summed E-state index contributed by atoms with van der Waals surface area (Å²) >= 11 is 0. The van der Waals surface area contributed by atoms with Crippen LogP contribution in [0.5, 0.6) is 0 Å². The van der Waals surface area contributed by atoms with Gasteiger partial charge in [-0.15, -0.1) is 0 Å². The maximum atomic E-state index is 4.32. The van der Waals surface area contributed by atoms with E-state index >= 15 is 0 Å². The largest absolute Gasteiger partial charge is 0.398 e. The molecule has 0 radical (unpaired) electrons. The first-order valence-electron chi connectivity index (χ1n) is 6.07. The van der Waals surface area contributed by atoms with Crippen LogP contribution in [0.3, 0.4) is 0 Å². The summed E-state index contributed by atoms with van der Waals surface area (Å²) in [6, 6.07) is 2.95. The van der Waals surface area contributed by atoms with Crippen molar-refractivity contribution in [2.45, 2.75) is 38.3 Å². The Morgan fingerprint density at radius 3 is 2.44 bits per heavy atom. The number of nitrogens with zero attached hydrogens (tertiary/aromatic N) is 3. The Kier molecular flexibility index (Phi) is 2.78. The predicted molar refractivity (Wildman–Crippen MR) is 75.1 cm³/mol. The highest BCUT2D eigenvalue weighted by molar-refractivity contribution is 6.90. The number of aryl methyl sites for hydroxylation is 1. The first-order valence-corrected chi connectivity index (χ1v) is 12.6. The lowest BCUT2D eigenvalue weighted by Gasteiger charge is -2.48. The van der Waals surface area contributed by atoms with Crippen LogP contribution >= 0.6 is 0 Å². The normalized spacial score (nSPS) is 23.4. The van der Waals surface area contributed by atoms with Gasteiger partial charge in [0.05, 0.1) is 20.0 Å². The van der Waals surface area contributed by atoms with Crippen LogP contribution < -0.4 is 4.57 Å². The third-order valence-corrected chi connectivity index (χ3v) is 10.7. The second-order valence-corrected chi connectivity index (χ2v) is 16.2. The topological polar surface area (TPSA) is 21.1 Å². The van der Waals surface area contributed by atoms with Crippen LogP contribution in [-0.4, -0.2) is 32.3 Å². The molecule has 3 nitrogen and oxygen atoms in total. The molecule has 0 spiro atoms. The van der Waals surface area contributed by atoms with Gasteiger partial charge in [-0.1, -0.05) is 32.2 Å². The molecule has 0 unspecified atom stereocenters. The maximum absolute atomic E-state index is 4.32. The highest BCUT2D eigenvalue weighted by atomic mass is 28.3. The van der Waals surface area contributed by atoms with E-state index in [2.05, 4.69) is 42.0 Å². The molecule has 2 heterocycles. The van der Waals surface area contributed by atoms with Gasteiger partial charge in [0.15, 0.2) is 0 Å². The van der Waals surface area contributed by atoms with E-state index in [0.717, 1.165) is 0 Å². The zero-order valence-corrected chi connectivity index (χ0v) is 13.1. The van der Waals surface area contributed by atoms with Gasteiger partial charge in [-0.05, 0) is 6.04 Å². The van der Waals surface area contributed by atoms with Crippen molar-refractivity contribution in [2.24, 2.45) is 7.05 Å². The first-order chi connectivity index (χ1) is 7.30. The third-order valence-electron chi connectivity index (χ3n) is 3.73. The minimum absolute atomic E-state index is 0.992. The van der Waals surface area contributed by atoms with Crippen LogP contribution in [0.1, 0.15) is 0 Å². The molecular formula is C11H23N3Si2. The highest BCUT2D eigenvalue weighted by Gasteiger charge is 2.41. The van der Waals surface area contributed by atoms with Gasteiger partial charge in [-0.2, -0.15) is 5.10 Å². The molecule has 0 amide bonds. The molecule has 16 heavy (non-hydrogen) atoms. The lowest BCUT2D eigenvalue weighted by molar-refractivity contribution is 0.767. The molecule has 1 aliphatic heterocycles. The summed E-state index contributed by atoms with van der Waals surface area (Å²) in [5.74, 6) is 0. The molecular weight excluding hydrogens is 230 g/mol. The summed E-state index contributed by atoms with van der Waals surface area (Å²) in [6.07, 6.45) is 5.52. The monoisotopic (exact) mass is 253 g/mol. The molecule has 1 aliphatic rings. The van der Waals surface area contributed by atoms with Crippen molar-refractivity contribution in [3.8, 4) is 0 Å². The second-order valence-electron chi connectivity index (χ2n) is 6.43. The Hall–Kier alpha value is -0.556. The van der Waals surface area contributed by atoms with Crippen molar-refractivity contribution in [1.82, 2.24) is 9.78 Å². The fraction of sp³-hybridized carbons (Fsp3) is 0.727. The van der Waals surface area contributed by atoms with Crippen LogP contribution in [0, 0.1) is 0 Å². The predicted octanol–water partition coefficient (Wildman–Crippen LogP) is 2.69. The standard InChI is InChI=1S/C11H23N3Si2/c1-13-9-11(8-12-13)14-10-15(2,3)6-7-16(14,4)5/h8-9H,6-7,10H2,1-5H3. The molecule has 5 heteroatoms. The van der Waals surface area contributed by atoms with E-state index in [1.54, 1.807) is 0 Å². The third kappa shape index (κ3) is 2.25. The number of hydrogen-bond donors (Lipinski definition) is 0. The average molecular weight is 253 g/mol. The summed E-state index contributed by atoms with van der Waals surface area (Å²) in [7, 11) is -0.209. The van der Waals surface area contributed by atoms with Gasteiger partial charge in [-0.25, -0.2) is 0 Å². The van der Waals surface area contributed by atoms with Crippen molar-refractivity contribution in [3.63, 3.8) is 0 Å². The Labute approximate surface area is 101 Å². The van der Waals surface area contributed by atoms with E-state index in [-0.39, 0.29) is 0 Å². The Morgan fingerprint density at radius 2 is 1.88 bits per heavy atom. The molecule has 1 fully saturated rings. The molecule has 0 bridgehead atoms. The van der Waals surface area contributed by atoms with Crippen LogP contribution in [0.4, 0.5) is 5.69 Å². The molecule has 1 saturated heterocycles. The molecule has 0 aromatic carbocycles. The fourth-order valence-corrected chi connectivity index (χ4v) is 12.9. The average Bonchev–Trinajstić information content (AvgIpc) is 2.57. The van der Waals surface area contributed by atoms with Gasteiger partial charge in [0, 0.05) is 19.4 Å². The van der Waals surface area contributed by atoms with Crippen molar-refractivity contribution < 1.29 is 0 Å². The molecule has 0 aliphatic carbocycles. The minimum atomic E-state index is -1.22. The van der Waals surface area contributed by atoms with E-state index in [9.17, 15) is 0 Å². The number of aromatic nitrogens is 2. The Balaban J connectivity index is 2.29. The number of hydrogen-bond acceptors (Lipinski definition) is 2. The number of rotatable bonds is 1. The van der Waals surface area contributed by atoms with Crippen molar-refractivity contribution in [1.29, 1.82) is 0 Å². The Bertz CT molecular complexity index is 384. The molecule has 1 aromatic heterocycles. The molecule has 0 N–H and O–H groups in total. The summed E-state index contributed by atoms with van der Waals surface area (Å²) in [5, 5.41) is 4.32. The van der Waals surface area contributed by atoms with Gasteiger partial charge < -0.3 is 4.57 Å². The molecule has 90 valence electrons. The SMILES string of the molecule is Cn1cc(N2C[Si](C)(C)CC[Si]2(C)C)cn1. The first kappa shape index (κ1) is 11.9. The quantitative estimate of drug-likeness (QED) is 0.718. The van der Waals surface area contributed by atoms with Gasteiger partial charge in [-0.3, -0.25) is 4.68 Å². The maximum Gasteiger partial charge on any atom is 0.150 e. The van der Waals surface area contributed by atoms with E-state index in [1.165, 1.54) is 23.9 Å². The summed E-state index contributed by atoms with van der Waals surface area (Å²) < 4.78 is 4.62.